The summed E-state index contributed by atoms with van der Waals surface area (Å²) in [6.45, 7) is 4.20. The molecule has 0 aliphatic carbocycles. The van der Waals surface area contributed by atoms with E-state index < -0.39 is 12.1 Å². The zero-order valence-corrected chi connectivity index (χ0v) is 55.4. The summed E-state index contributed by atoms with van der Waals surface area (Å²) < 4.78 is 0. The normalized spacial score (nSPS) is 13.6. The first-order valence-corrected chi connectivity index (χ1v) is 36.0. The molecule has 0 aromatic carbocycles. The van der Waals surface area contributed by atoms with Crippen LogP contribution in [0.1, 0.15) is 335 Å². The van der Waals surface area contributed by atoms with E-state index in [9.17, 15) is 15.0 Å². The molecule has 480 valence electrons. The van der Waals surface area contributed by atoms with Gasteiger partial charge >= 0.3 is 0 Å². The molecule has 1 amide bonds. The van der Waals surface area contributed by atoms with Gasteiger partial charge in [-0.25, -0.2) is 0 Å². The van der Waals surface area contributed by atoms with Gasteiger partial charge < -0.3 is 15.5 Å². The lowest BCUT2D eigenvalue weighted by Crippen LogP contribution is -2.45. The molecule has 0 aliphatic rings. The monoisotopic (exact) mass is 1160 g/mol. The molecular weight excluding hydrogens is 1020 g/mol. The number of rotatable bonds is 65. The second-order valence-corrected chi connectivity index (χ2v) is 23.9. The van der Waals surface area contributed by atoms with Crippen molar-refractivity contribution in [2.75, 3.05) is 6.61 Å². The number of aliphatic hydroxyl groups is 2. The highest BCUT2D eigenvalue weighted by atomic mass is 16.3. The Morgan fingerprint density at radius 1 is 0.298 bits per heavy atom. The van der Waals surface area contributed by atoms with Crippen LogP contribution in [-0.4, -0.2) is 34.9 Å². The molecule has 0 spiro atoms. The van der Waals surface area contributed by atoms with Gasteiger partial charge in [0, 0.05) is 6.42 Å². The first-order valence-electron chi connectivity index (χ1n) is 36.0. The number of unbranched alkanes of at least 4 members (excludes halogenated alkanes) is 36. The van der Waals surface area contributed by atoms with Crippen molar-refractivity contribution in [2.24, 2.45) is 0 Å². The number of amides is 1. The maximum absolute atomic E-state index is 12.5. The van der Waals surface area contributed by atoms with Crippen molar-refractivity contribution in [1.29, 1.82) is 0 Å². The first kappa shape index (κ1) is 80.3. The molecule has 4 heteroatoms. The SMILES string of the molecule is CC/C=C\C/C=C\C/C=C\C/C=C\C/C=C\C/C=C\C/C=C\C/C=C\C/C=C\C/C=C\CCCCCCCCCCC(=O)NC(CO)C(O)/C=C/CC/C=C/CCCCCCCCCCCCCCCCCCCCCCCCCCCCC. The van der Waals surface area contributed by atoms with Crippen LogP contribution in [0.2, 0.25) is 0 Å². The first-order chi connectivity index (χ1) is 41.7. The molecule has 0 radical (unpaired) electrons. The number of aliphatic hydroxyl groups excluding tert-OH is 2. The molecule has 0 saturated carbocycles. The summed E-state index contributed by atoms with van der Waals surface area (Å²) in [5.41, 5.74) is 0. The average molecular weight is 1160 g/mol. The Kier molecular flexibility index (Phi) is 70.3. The van der Waals surface area contributed by atoms with Gasteiger partial charge in [-0.15, -0.1) is 0 Å². The van der Waals surface area contributed by atoms with Crippen LogP contribution in [0.15, 0.2) is 146 Å². The number of allylic oxidation sites excluding steroid dienone is 23. The molecule has 0 aromatic rings. The zero-order valence-electron chi connectivity index (χ0n) is 55.4. The third-order valence-corrected chi connectivity index (χ3v) is 15.8. The summed E-state index contributed by atoms with van der Waals surface area (Å²) in [5.74, 6) is -0.0849. The van der Waals surface area contributed by atoms with E-state index in [0.29, 0.717) is 6.42 Å². The maximum atomic E-state index is 12.5. The Balaban J connectivity index is 3.59. The number of nitrogens with one attached hydrogen (secondary N) is 1. The van der Waals surface area contributed by atoms with E-state index in [1.165, 1.54) is 205 Å². The quantitative estimate of drug-likeness (QED) is 0.0420. The zero-order chi connectivity index (χ0) is 60.5. The molecule has 0 bridgehead atoms. The fourth-order valence-corrected chi connectivity index (χ4v) is 10.4. The van der Waals surface area contributed by atoms with Crippen LogP contribution in [0, 0.1) is 0 Å². The second kappa shape index (κ2) is 73.5. The molecule has 0 aliphatic heterocycles. The fraction of sp³-hybridized carbons (Fsp3) is 0.688. The predicted octanol–water partition coefficient (Wildman–Crippen LogP) is 25.0. The van der Waals surface area contributed by atoms with Gasteiger partial charge in [0.1, 0.15) is 0 Å². The number of carbonyl (C=O) groups is 1. The summed E-state index contributed by atoms with van der Waals surface area (Å²) >= 11 is 0. The average Bonchev–Trinajstić information content (AvgIpc) is 3.51. The topological polar surface area (TPSA) is 69.6 Å². The maximum Gasteiger partial charge on any atom is 0.220 e. The van der Waals surface area contributed by atoms with Crippen molar-refractivity contribution in [1.82, 2.24) is 5.32 Å². The fourth-order valence-electron chi connectivity index (χ4n) is 10.4. The van der Waals surface area contributed by atoms with Gasteiger partial charge in [0.25, 0.3) is 0 Å². The van der Waals surface area contributed by atoms with Crippen molar-refractivity contribution < 1.29 is 15.0 Å². The highest BCUT2D eigenvalue weighted by Gasteiger charge is 2.18. The smallest absolute Gasteiger partial charge is 0.220 e. The van der Waals surface area contributed by atoms with Crippen LogP contribution < -0.4 is 5.32 Å². The van der Waals surface area contributed by atoms with Crippen molar-refractivity contribution >= 4 is 5.91 Å². The summed E-state index contributed by atoms with van der Waals surface area (Å²) in [4.78, 5) is 12.5. The van der Waals surface area contributed by atoms with E-state index >= 15 is 0 Å². The van der Waals surface area contributed by atoms with Crippen molar-refractivity contribution in [3.05, 3.63) is 146 Å². The summed E-state index contributed by atoms with van der Waals surface area (Å²) in [6.07, 6.45) is 115. The van der Waals surface area contributed by atoms with Crippen LogP contribution in [0.4, 0.5) is 0 Å². The van der Waals surface area contributed by atoms with Crippen LogP contribution in [0.5, 0.6) is 0 Å². The Hall–Kier alpha value is -3.73. The molecular formula is C80H137NO3. The van der Waals surface area contributed by atoms with E-state index in [0.717, 1.165) is 109 Å². The lowest BCUT2D eigenvalue weighted by atomic mass is 10.0. The lowest BCUT2D eigenvalue weighted by molar-refractivity contribution is -0.123. The molecule has 2 atom stereocenters. The Morgan fingerprint density at radius 2 is 0.536 bits per heavy atom. The summed E-state index contributed by atoms with van der Waals surface area (Å²) in [7, 11) is 0. The lowest BCUT2D eigenvalue weighted by Gasteiger charge is -2.19. The van der Waals surface area contributed by atoms with Crippen LogP contribution in [0.3, 0.4) is 0 Å². The van der Waals surface area contributed by atoms with Crippen molar-refractivity contribution in [2.45, 2.75) is 347 Å². The number of carbonyl (C=O) groups excluding carboxylic acids is 1. The van der Waals surface area contributed by atoms with Crippen molar-refractivity contribution in [3.63, 3.8) is 0 Å². The van der Waals surface area contributed by atoms with Crippen molar-refractivity contribution in [3.8, 4) is 0 Å². The van der Waals surface area contributed by atoms with E-state index in [2.05, 4.69) is 153 Å². The number of hydrogen-bond acceptors (Lipinski definition) is 3. The highest BCUT2D eigenvalue weighted by molar-refractivity contribution is 5.76. The standard InChI is InChI=1S/C80H137NO3/c1-3-5-7-9-11-13-15-17-19-21-23-25-27-29-31-33-35-37-38-39-40-41-42-44-46-48-50-52-54-56-58-60-62-64-66-68-70-72-74-76-80(84)81-78(77-82)79(83)75-73-71-69-67-65-63-61-59-57-55-53-51-49-47-45-43-36-34-32-30-28-26-24-22-20-18-16-14-12-10-8-6-4-2/h5,7,11,13,17,19,23,25,29,31,35,37,39-40,42,44,48,50,54,56,65,67,73,75,78-79,82-83H,3-4,6,8-10,12,14-16,18,20-22,24,26-28,30,32-34,36,38,41,43,45-47,49,51-53,55,57-64,66,68-72,74,76-77H2,1-2H3,(H,81,84)/b7-5-,13-11-,19-17-,25-23-,31-29-,37-35-,40-39-,44-42-,50-48-,56-54-,67-65+,75-73+. The van der Waals surface area contributed by atoms with Gasteiger partial charge in [0.15, 0.2) is 0 Å². The molecule has 3 N–H and O–H groups in total. The van der Waals surface area contributed by atoms with Gasteiger partial charge in [-0.1, -0.05) is 365 Å². The largest absolute Gasteiger partial charge is 0.394 e. The van der Waals surface area contributed by atoms with Gasteiger partial charge in [-0.05, 0) is 109 Å². The molecule has 0 heterocycles. The van der Waals surface area contributed by atoms with Gasteiger partial charge in [-0.3, -0.25) is 4.79 Å². The minimum absolute atomic E-state index is 0.0849. The highest BCUT2D eigenvalue weighted by Crippen LogP contribution is 2.17. The molecule has 0 aromatic heterocycles. The summed E-state index contributed by atoms with van der Waals surface area (Å²) in [5, 5.41) is 23.3. The van der Waals surface area contributed by atoms with Gasteiger partial charge in [0.2, 0.25) is 5.91 Å². The van der Waals surface area contributed by atoms with Crippen LogP contribution in [0.25, 0.3) is 0 Å². The second-order valence-electron chi connectivity index (χ2n) is 23.9. The van der Waals surface area contributed by atoms with E-state index in [-0.39, 0.29) is 12.5 Å². The Morgan fingerprint density at radius 3 is 0.833 bits per heavy atom. The van der Waals surface area contributed by atoms with Crippen LogP contribution >= 0.6 is 0 Å². The predicted molar refractivity (Wildman–Crippen MR) is 377 cm³/mol. The molecule has 2 unspecified atom stereocenters. The van der Waals surface area contributed by atoms with E-state index in [1.54, 1.807) is 6.08 Å². The molecule has 0 rings (SSSR count). The Bertz CT molecular complexity index is 1700. The number of hydrogen-bond donors (Lipinski definition) is 3. The minimum Gasteiger partial charge on any atom is -0.394 e. The third-order valence-electron chi connectivity index (χ3n) is 15.8. The molecule has 4 nitrogen and oxygen atoms in total. The van der Waals surface area contributed by atoms with Crippen LogP contribution in [-0.2, 0) is 4.79 Å². The molecule has 0 fully saturated rings. The molecule has 84 heavy (non-hydrogen) atoms. The van der Waals surface area contributed by atoms with E-state index in [4.69, 9.17) is 0 Å². The Labute approximate surface area is 523 Å². The molecule has 0 saturated heterocycles. The van der Waals surface area contributed by atoms with Gasteiger partial charge in [-0.2, -0.15) is 0 Å². The summed E-state index contributed by atoms with van der Waals surface area (Å²) in [6, 6.07) is -0.656. The van der Waals surface area contributed by atoms with E-state index in [1.807, 2.05) is 6.08 Å². The third kappa shape index (κ3) is 69.0. The minimum atomic E-state index is -0.878. The van der Waals surface area contributed by atoms with Gasteiger partial charge in [0.05, 0.1) is 18.8 Å².